The molecule has 0 saturated carbocycles. The predicted octanol–water partition coefficient (Wildman–Crippen LogP) is 0.306. The van der Waals surface area contributed by atoms with Crippen LogP contribution in [0.4, 0.5) is 0 Å². The van der Waals surface area contributed by atoms with Crippen molar-refractivity contribution in [1.29, 1.82) is 0 Å². The molecule has 1 aromatic rings. The molecule has 16 heavy (non-hydrogen) atoms. The van der Waals surface area contributed by atoms with Crippen molar-refractivity contribution in [3.63, 3.8) is 0 Å². The minimum absolute atomic E-state index is 0.240. The molecule has 0 aliphatic carbocycles. The number of carbonyl (C=O) groups excluding carboxylic acids is 1. The van der Waals surface area contributed by atoms with Crippen molar-refractivity contribution in [2.75, 3.05) is 19.6 Å². The summed E-state index contributed by atoms with van der Waals surface area (Å²) in [5.74, 6) is -0.240. The van der Waals surface area contributed by atoms with Gasteiger partial charge in [-0.05, 0) is 5.56 Å². The summed E-state index contributed by atoms with van der Waals surface area (Å²) in [5.41, 5.74) is 1.000. The largest absolute Gasteiger partial charge is 0.460 e. The maximum Gasteiger partial charge on any atom is 0.326 e. The Bertz CT molecular complexity index is 334. The van der Waals surface area contributed by atoms with Gasteiger partial charge >= 0.3 is 5.97 Å². The molecular formula is C12H15N2O2. The SMILES string of the molecule is O=C(OCc1ccccc1)C1CNCC[N]1. The van der Waals surface area contributed by atoms with Crippen molar-refractivity contribution in [2.24, 2.45) is 0 Å². The molecular weight excluding hydrogens is 204 g/mol. The van der Waals surface area contributed by atoms with Crippen LogP contribution in [0.15, 0.2) is 30.3 Å². The van der Waals surface area contributed by atoms with Gasteiger partial charge in [-0.2, -0.15) is 0 Å². The molecule has 1 radical (unpaired) electrons. The monoisotopic (exact) mass is 219 g/mol. The highest BCUT2D eigenvalue weighted by Crippen LogP contribution is 2.02. The zero-order valence-electron chi connectivity index (χ0n) is 9.06. The smallest absolute Gasteiger partial charge is 0.326 e. The van der Waals surface area contributed by atoms with E-state index in [9.17, 15) is 4.79 Å². The molecule has 85 valence electrons. The first kappa shape index (κ1) is 11.1. The van der Waals surface area contributed by atoms with Gasteiger partial charge in [-0.15, -0.1) is 0 Å². The van der Waals surface area contributed by atoms with Gasteiger partial charge in [0.25, 0.3) is 0 Å². The molecule has 1 aromatic carbocycles. The van der Waals surface area contributed by atoms with Crippen LogP contribution < -0.4 is 10.6 Å². The molecule has 0 spiro atoms. The Morgan fingerprint density at radius 1 is 1.44 bits per heavy atom. The summed E-state index contributed by atoms with van der Waals surface area (Å²) in [6.45, 7) is 2.45. The molecule has 1 heterocycles. The van der Waals surface area contributed by atoms with Crippen LogP contribution in [0, 0.1) is 0 Å². The Balaban J connectivity index is 1.79. The Labute approximate surface area is 95.0 Å². The average molecular weight is 219 g/mol. The van der Waals surface area contributed by atoms with E-state index in [0.29, 0.717) is 19.7 Å². The van der Waals surface area contributed by atoms with Crippen LogP contribution in [-0.2, 0) is 16.1 Å². The Morgan fingerprint density at radius 3 is 2.94 bits per heavy atom. The number of nitrogens with zero attached hydrogens (tertiary/aromatic N) is 1. The van der Waals surface area contributed by atoms with E-state index >= 15 is 0 Å². The maximum absolute atomic E-state index is 11.6. The molecule has 0 amide bonds. The van der Waals surface area contributed by atoms with E-state index in [-0.39, 0.29) is 12.0 Å². The molecule has 4 heteroatoms. The standard InChI is InChI=1S/C12H15N2O2/c15-12(11-8-13-6-7-14-11)16-9-10-4-2-1-3-5-10/h1-5,11,13H,6-9H2. The van der Waals surface area contributed by atoms with E-state index in [4.69, 9.17) is 4.74 Å². The van der Waals surface area contributed by atoms with Gasteiger partial charge in [0.2, 0.25) is 0 Å². The Hall–Kier alpha value is -1.39. The van der Waals surface area contributed by atoms with Crippen LogP contribution >= 0.6 is 0 Å². The third-order valence-electron chi connectivity index (χ3n) is 2.47. The minimum Gasteiger partial charge on any atom is -0.460 e. The van der Waals surface area contributed by atoms with Crippen LogP contribution in [0.5, 0.6) is 0 Å². The fourth-order valence-corrected chi connectivity index (χ4v) is 1.59. The molecule has 1 aliphatic rings. The first-order valence-electron chi connectivity index (χ1n) is 5.44. The van der Waals surface area contributed by atoms with Gasteiger partial charge in [0, 0.05) is 19.6 Å². The van der Waals surface area contributed by atoms with Gasteiger partial charge in [-0.1, -0.05) is 30.3 Å². The second kappa shape index (κ2) is 5.63. The summed E-state index contributed by atoms with van der Waals surface area (Å²) < 4.78 is 5.19. The molecule has 1 N–H and O–H groups in total. The van der Waals surface area contributed by atoms with Gasteiger partial charge in [-0.25, -0.2) is 5.32 Å². The fraction of sp³-hybridized carbons (Fsp3) is 0.417. The molecule has 1 saturated heterocycles. The molecule has 1 aliphatic heterocycles. The highest BCUT2D eigenvalue weighted by Gasteiger charge is 2.22. The van der Waals surface area contributed by atoms with Gasteiger partial charge in [0.15, 0.2) is 0 Å². The molecule has 1 atom stereocenters. The molecule has 0 aromatic heterocycles. The Kier molecular flexibility index (Phi) is 3.91. The third kappa shape index (κ3) is 3.05. The summed E-state index contributed by atoms with van der Waals surface area (Å²) in [7, 11) is 0. The predicted molar refractivity (Wildman–Crippen MR) is 59.9 cm³/mol. The minimum atomic E-state index is -0.336. The van der Waals surface area contributed by atoms with Crippen LogP contribution in [0.3, 0.4) is 0 Å². The van der Waals surface area contributed by atoms with E-state index in [1.54, 1.807) is 0 Å². The van der Waals surface area contributed by atoms with Crippen LogP contribution in [-0.4, -0.2) is 31.6 Å². The molecule has 0 bridgehead atoms. The van der Waals surface area contributed by atoms with Crippen molar-refractivity contribution >= 4 is 5.97 Å². The van der Waals surface area contributed by atoms with Gasteiger partial charge in [0.05, 0.1) is 0 Å². The summed E-state index contributed by atoms with van der Waals surface area (Å²) in [6, 6.07) is 9.32. The number of piperazine rings is 1. The highest BCUT2D eigenvalue weighted by atomic mass is 16.5. The van der Waals surface area contributed by atoms with Crippen molar-refractivity contribution in [1.82, 2.24) is 10.6 Å². The number of esters is 1. The number of ether oxygens (including phenoxy) is 1. The zero-order chi connectivity index (χ0) is 11.2. The number of nitrogens with one attached hydrogen (secondary N) is 1. The third-order valence-corrected chi connectivity index (χ3v) is 2.47. The zero-order valence-corrected chi connectivity index (χ0v) is 9.06. The summed E-state index contributed by atoms with van der Waals surface area (Å²) in [6.07, 6.45) is 0. The number of carbonyl (C=O) groups is 1. The maximum atomic E-state index is 11.6. The normalized spacial score (nSPS) is 20.4. The lowest BCUT2D eigenvalue weighted by atomic mass is 10.2. The number of rotatable bonds is 3. The number of hydrogen-bond acceptors (Lipinski definition) is 3. The Morgan fingerprint density at radius 2 is 2.25 bits per heavy atom. The fourth-order valence-electron chi connectivity index (χ4n) is 1.59. The summed E-state index contributed by atoms with van der Waals surface area (Å²) in [4.78, 5) is 11.6. The average Bonchev–Trinajstić information content (AvgIpc) is 2.38. The van der Waals surface area contributed by atoms with E-state index in [0.717, 1.165) is 12.1 Å². The van der Waals surface area contributed by atoms with Crippen LogP contribution in [0.1, 0.15) is 5.56 Å². The first-order valence-corrected chi connectivity index (χ1v) is 5.44. The van der Waals surface area contributed by atoms with Gasteiger partial charge in [-0.3, -0.25) is 4.79 Å². The lowest BCUT2D eigenvalue weighted by molar-refractivity contribution is -0.147. The first-order chi connectivity index (χ1) is 7.86. The van der Waals surface area contributed by atoms with Crippen molar-refractivity contribution < 1.29 is 9.53 Å². The summed E-state index contributed by atoms with van der Waals surface area (Å²) in [5, 5.41) is 7.32. The quantitative estimate of drug-likeness (QED) is 0.744. The highest BCUT2D eigenvalue weighted by molar-refractivity contribution is 5.76. The van der Waals surface area contributed by atoms with Crippen LogP contribution in [0.25, 0.3) is 0 Å². The van der Waals surface area contributed by atoms with Crippen molar-refractivity contribution in [3.8, 4) is 0 Å². The molecule has 1 unspecified atom stereocenters. The molecule has 1 fully saturated rings. The summed E-state index contributed by atoms with van der Waals surface area (Å²) >= 11 is 0. The van der Waals surface area contributed by atoms with Crippen molar-refractivity contribution in [3.05, 3.63) is 35.9 Å². The number of hydrogen-bond donors (Lipinski definition) is 1. The second-order valence-corrected chi connectivity index (χ2v) is 3.72. The van der Waals surface area contributed by atoms with E-state index in [1.807, 2.05) is 30.3 Å². The lowest BCUT2D eigenvalue weighted by Gasteiger charge is -2.21. The number of benzene rings is 1. The van der Waals surface area contributed by atoms with Crippen molar-refractivity contribution in [2.45, 2.75) is 12.6 Å². The topological polar surface area (TPSA) is 52.4 Å². The van der Waals surface area contributed by atoms with Gasteiger partial charge in [0.1, 0.15) is 12.6 Å². The van der Waals surface area contributed by atoms with Gasteiger partial charge < -0.3 is 10.1 Å². The van der Waals surface area contributed by atoms with E-state index in [1.165, 1.54) is 0 Å². The van der Waals surface area contributed by atoms with E-state index in [2.05, 4.69) is 10.6 Å². The lowest BCUT2D eigenvalue weighted by Crippen LogP contribution is -2.48. The van der Waals surface area contributed by atoms with E-state index < -0.39 is 0 Å². The molecule has 4 nitrogen and oxygen atoms in total. The second-order valence-electron chi connectivity index (χ2n) is 3.72. The van der Waals surface area contributed by atoms with Crippen LogP contribution in [0.2, 0.25) is 0 Å². The molecule has 2 rings (SSSR count).